The molecule has 0 bridgehead atoms. The molecule has 0 amide bonds. The molecule has 0 radical (unpaired) electrons. The molecule has 0 spiro atoms. The van der Waals surface area contributed by atoms with Crippen molar-refractivity contribution < 1.29 is 9.53 Å². The highest BCUT2D eigenvalue weighted by atomic mass is 16.5. The molecular weight excluding hydrogens is 266 g/mol. The van der Waals surface area contributed by atoms with E-state index in [9.17, 15) is 4.79 Å². The van der Waals surface area contributed by atoms with E-state index in [1.807, 2.05) is 14.0 Å². The van der Waals surface area contributed by atoms with Crippen molar-refractivity contribution in [2.75, 3.05) is 40.8 Å². The summed E-state index contributed by atoms with van der Waals surface area (Å²) in [6, 6.07) is 1.15. The number of carbonyl (C=O) groups excluding carboxylic acids is 1. The normalized spacial score (nSPS) is 34.3. The summed E-state index contributed by atoms with van der Waals surface area (Å²) < 4.78 is 5.29. The van der Waals surface area contributed by atoms with E-state index in [1.165, 1.54) is 12.8 Å². The maximum Gasteiger partial charge on any atom is 0.326 e. The third-order valence-corrected chi connectivity index (χ3v) is 5.31. The van der Waals surface area contributed by atoms with Gasteiger partial charge >= 0.3 is 5.97 Å². The Bertz CT molecular complexity index is 361. The van der Waals surface area contributed by atoms with Crippen molar-refractivity contribution in [3.63, 3.8) is 0 Å². The summed E-state index contributed by atoms with van der Waals surface area (Å²) in [5.74, 6) is -0.0730. The van der Waals surface area contributed by atoms with Crippen molar-refractivity contribution in [3.8, 4) is 0 Å². The predicted molar refractivity (Wildman–Crippen MR) is 84.3 cm³/mol. The monoisotopic (exact) mass is 297 g/mol. The molecule has 5 heteroatoms. The van der Waals surface area contributed by atoms with E-state index in [-0.39, 0.29) is 5.97 Å². The fraction of sp³-hybridized carbons (Fsp3) is 0.938. The van der Waals surface area contributed by atoms with Crippen LogP contribution in [0.25, 0.3) is 0 Å². The van der Waals surface area contributed by atoms with E-state index in [4.69, 9.17) is 4.74 Å². The maximum atomic E-state index is 12.3. The first-order valence-corrected chi connectivity index (χ1v) is 8.29. The number of carbonyl (C=O) groups is 1. The fourth-order valence-corrected chi connectivity index (χ4v) is 3.85. The average molecular weight is 297 g/mol. The molecule has 5 nitrogen and oxygen atoms in total. The average Bonchev–Trinajstić information content (AvgIpc) is 2.93. The molecule has 1 heterocycles. The summed E-state index contributed by atoms with van der Waals surface area (Å²) >= 11 is 0. The molecule has 0 aromatic carbocycles. The second-order valence-electron chi connectivity index (χ2n) is 6.70. The lowest BCUT2D eigenvalue weighted by Gasteiger charge is -2.40. The van der Waals surface area contributed by atoms with E-state index in [0.29, 0.717) is 18.7 Å². The number of esters is 1. The Labute approximate surface area is 129 Å². The molecule has 3 atom stereocenters. The number of hydrogen-bond acceptors (Lipinski definition) is 5. The van der Waals surface area contributed by atoms with Gasteiger partial charge in [-0.2, -0.15) is 0 Å². The van der Waals surface area contributed by atoms with Gasteiger partial charge in [-0.1, -0.05) is 0 Å². The smallest absolute Gasteiger partial charge is 0.326 e. The van der Waals surface area contributed by atoms with Crippen LogP contribution in [0.3, 0.4) is 0 Å². The van der Waals surface area contributed by atoms with Crippen LogP contribution in [0.2, 0.25) is 0 Å². The zero-order valence-electron chi connectivity index (χ0n) is 14.0. The van der Waals surface area contributed by atoms with Gasteiger partial charge in [0, 0.05) is 18.6 Å². The topological polar surface area (TPSA) is 44.8 Å². The first-order chi connectivity index (χ1) is 10.0. The second-order valence-corrected chi connectivity index (χ2v) is 6.70. The van der Waals surface area contributed by atoms with Crippen LogP contribution < -0.4 is 5.32 Å². The Kier molecular flexibility index (Phi) is 5.63. The Balaban J connectivity index is 1.98. The molecule has 0 aromatic heterocycles. The lowest BCUT2D eigenvalue weighted by atomic mass is 9.96. The Morgan fingerprint density at radius 1 is 1.43 bits per heavy atom. The molecule has 1 saturated heterocycles. The summed E-state index contributed by atoms with van der Waals surface area (Å²) in [5, 5.41) is 3.25. The molecule has 122 valence electrons. The summed E-state index contributed by atoms with van der Waals surface area (Å²) in [6.45, 7) is 4.62. The molecule has 2 rings (SSSR count). The van der Waals surface area contributed by atoms with Gasteiger partial charge in [0.05, 0.1) is 6.61 Å². The summed E-state index contributed by atoms with van der Waals surface area (Å²) in [7, 11) is 6.22. The molecule has 2 fully saturated rings. The number of likely N-dealkylation sites (tertiary alicyclic amines) is 1. The number of likely N-dealkylation sites (N-methyl/N-ethyl adjacent to an activating group) is 2. The maximum absolute atomic E-state index is 12.3. The van der Waals surface area contributed by atoms with E-state index in [1.54, 1.807) is 0 Å². The summed E-state index contributed by atoms with van der Waals surface area (Å²) in [6.07, 6.45) is 5.38. The standard InChI is InChI=1S/C16H31N3O2/c1-5-21-15(20)16(17-2)9-8-13(11-16)19-10-6-7-14(12-19)18(3)4/h13-14,17H,5-12H2,1-4H3. The zero-order chi connectivity index (χ0) is 15.5. The molecule has 1 aliphatic heterocycles. The van der Waals surface area contributed by atoms with Crippen molar-refractivity contribution in [1.29, 1.82) is 0 Å². The van der Waals surface area contributed by atoms with Crippen LogP contribution >= 0.6 is 0 Å². The minimum Gasteiger partial charge on any atom is -0.465 e. The van der Waals surface area contributed by atoms with E-state index >= 15 is 0 Å². The van der Waals surface area contributed by atoms with Gasteiger partial charge in [-0.25, -0.2) is 0 Å². The van der Waals surface area contributed by atoms with Gasteiger partial charge in [0.1, 0.15) is 5.54 Å². The number of nitrogens with zero attached hydrogens (tertiary/aromatic N) is 2. The van der Waals surface area contributed by atoms with Crippen molar-refractivity contribution in [2.45, 2.75) is 56.7 Å². The van der Waals surface area contributed by atoms with Gasteiger partial charge in [0.2, 0.25) is 0 Å². The van der Waals surface area contributed by atoms with Gasteiger partial charge in [-0.3, -0.25) is 9.69 Å². The van der Waals surface area contributed by atoms with Gasteiger partial charge in [0.25, 0.3) is 0 Å². The third-order valence-electron chi connectivity index (χ3n) is 5.31. The number of ether oxygens (including phenoxy) is 1. The third kappa shape index (κ3) is 3.58. The second kappa shape index (κ2) is 7.07. The van der Waals surface area contributed by atoms with Gasteiger partial charge < -0.3 is 15.0 Å². The van der Waals surface area contributed by atoms with Crippen LogP contribution in [0, 0.1) is 0 Å². The van der Waals surface area contributed by atoms with Gasteiger partial charge in [-0.15, -0.1) is 0 Å². The van der Waals surface area contributed by atoms with E-state index in [2.05, 4.69) is 29.2 Å². The number of nitrogens with one attached hydrogen (secondary N) is 1. The number of rotatable bonds is 5. The first-order valence-electron chi connectivity index (χ1n) is 8.29. The Morgan fingerprint density at radius 3 is 2.81 bits per heavy atom. The molecule has 3 unspecified atom stereocenters. The van der Waals surface area contributed by atoms with Gasteiger partial charge in [0.15, 0.2) is 0 Å². The van der Waals surface area contributed by atoms with Crippen LogP contribution in [0.1, 0.15) is 39.0 Å². The van der Waals surface area contributed by atoms with E-state index in [0.717, 1.165) is 32.4 Å². The molecule has 21 heavy (non-hydrogen) atoms. The first kappa shape index (κ1) is 16.7. The zero-order valence-corrected chi connectivity index (χ0v) is 14.0. The van der Waals surface area contributed by atoms with Crippen molar-refractivity contribution >= 4 is 5.97 Å². The highest BCUT2D eigenvalue weighted by molar-refractivity contribution is 5.81. The number of piperidine rings is 1. The quantitative estimate of drug-likeness (QED) is 0.770. The van der Waals surface area contributed by atoms with Gasteiger partial charge in [-0.05, 0) is 66.7 Å². The SMILES string of the molecule is CCOC(=O)C1(NC)CCC(N2CCCC(N(C)C)C2)C1. The van der Waals surface area contributed by atoms with E-state index < -0.39 is 5.54 Å². The lowest BCUT2D eigenvalue weighted by molar-refractivity contribution is -0.151. The summed E-state index contributed by atoms with van der Waals surface area (Å²) in [4.78, 5) is 17.2. The Morgan fingerprint density at radius 2 is 2.19 bits per heavy atom. The molecule has 2 aliphatic rings. The molecular formula is C16H31N3O2. The fourth-order valence-electron chi connectivity index (χ4n) is 3.85. The van der Waals surface area contributed by atoms with Crippen LogP contribution in [0.4, 0.5) is 0 Å². The summed E-state index contributed by atoms with van der Waals surface area (Å²) in [5.41, 5.74) is -0.467. The number of hydrogen-bond donors (Lipinski definition) is 1. The minimum atomic E-state index is -0.467. The van der Waals surface area contributed by atoms with Crippen LogP contribution in [-0.2, 0) is 9.53 Å². The van der Waals surface area contributed by atoms with Crippen molar-refractivity contribution in [3.05, 3.63) is 0 Å². The predicted octanol–water partition coefficient (Wildman–Crippen LogP) is 1.09. The largest absolute Gasteiger partial charge is 0.465 e. The van der Waals surface area contributed by atoms with Crippen molar-refractivity contribution in [1.82, 2.24) is 15.1 Å². The van der Waals surface area contributed by atoms with Crippen LogP contribution in [0.15, 0.2) is 0 Å². The highest BCUT2D eigenvalue weighted by Gasteiger charge is 2.47. The molecule has 1 N–H and O–H groups in total. The Hall–Kier alpha value is -0.650. The lowest BCUT2D eigenvalue weighted by Crippen LogP contribution is -2.52. The molecule has 0 aromatic rings. The minimum absolute atomic E-state index is 0.0730. The van der Waals surface area contributed by atoms with Crippen LogP contribution in [-0.4, -0.2) is 74.2 Å². The molecule has 1 aliphatic carbocycles. The highest BCUT2D eigenvalue weighted by Crippen LogP contribution is 2.35. The van der Waals surface area contributed by atoms with Crippen LogP contribution in [0.5, 0.6) is 0 Å². The van der Waals surface area contributed by atoms with Crippen molar-refractivity contribution in [2.24, 2.45) is 0 Å². The molecule has 1 saturated carbocycles.